The number of benzene rings is 1. The first-order chi connectivity index (χ1) is 11.2. The van der Waals surface area contributed by atoms with E-state index in [1.807, 2.05) is 24.3 Å². The van der Waals surface area contributed by atoms with Gasteiger partial charge in [0.25, 0.3) is 0 Å². The molecule has 1 rings (SSSR count). The Labute approximate surface area is 148 Å². The van der Waals surface area contributed by atoms with Gasteiger partial charge in [-0.3, -0.25) is 0 Å². The monoisotopic (exact) mass is 362 g/mol. The van der Waals surface area contributed by atoms with Crippen molar-refractivity contribution in [1.29, 1.82) is 0 Å². The van der Waals surface area contributed by atoms with Crippen molar-refractivity contribution in [2.45, 2.75) is 78.3 Å². The molecule has 0 bridgehead atoms. The van der Waals surface area contributed by atoms with Crippen molar-refractivity contribution in [3.05, 3.63) is 35.4 Å². The molecule has 0 radical (unpaired) electrons. The number of alkyl halides is 4. The number of ether oxygens (including phenoxy) is 1. The molecule has 144 valence electrons. The van der Waals surface area contributed by atoms with Crippen molar-refractivity contribution >= 4 is 0 Å². The van der Waals surface area contributed by atoms with Crippen LogP contribution in [-0.4, -0.2) is 18.6 Å². The molecule has 0 unspecified atom stereocenters. The summed E-state index contributed by atoms with van der Waals surface area (Å²) in [6.07, 6.45) is -2.70. The van der Waals surface area contributed by atoms with Crippen molar-refractivity contribution in [2.24, 2.45) is 5.41 Å². The summed E-state index contributed by atoms with van der Waals surface area (Å²) in [5.41, 5.74) is 0.400. The van der Waals surface area contributed by atoms with Crippen LogP contribution in [0, 0.1) is 5.41 Å². The largest absolute Gasteiger partial charge is 0.419 e. The molecular formula is C20H30F4O. The van der Waals surface area contributed by atoms with E-state index in [1.54, 1.807) is 0 Å². The van der Waals surface area contributed by atoms with E-state index in [-0.39, 0.29) is 11.8 Å². The molecule has 0 amide bonds. The van der Waals surface area contributed by atoms with E-state index in [0.717, 1.165) is 32.8 Å². The number of rotatable bonds is 8. The second-order valence-electron chi connectivity index (χ2n) is 8.23. The first kappa shape index (κ1) is 21.9. The third-order valence-corrected chi connectivity index (χ3v) is 4.82. The number of hydrogen-bond donors (Lipinski definition) is 0. The average molecular weight is 362 g/mol. The van der Waals surface area contributed by atoms with Gasteiger partial charge in [0, 0.05) is 5.41 Å². The Morgan fingerprint density at radius 2 is 1.40 bits per heavy atom. The molecule has 0 saturated heterocycles. The minimum absolute atomic E-state index is 0.0856. The highest BCUT2D eigenvalue weighted by Crippen LogP contribution is 2.47. The average Bonchev–Trinajstić information content (AvgIpc) is 2.50. The third-order valence-electron chi connectivity index (χ3n) is 4.82. The van der Waals surface area contributed by atoms with Crippen molar-refractivity contribution in [1.82, 2.24) is 0 Å². The van der Waals surface area contributed by atoms with Crippen LogP contribution in [0.5, 0.6) is 0 Å². The van der Waals surface area contributed by atoms with Gasteiger partial charge in [-0.2, -0.15) is 17.6 Å². The van der Waals surface area contributed by atoms with Gasteiger partial charge < -0.3 is 4.74 Å². The summed E-state index contributed by atoms with van der Waals surface area (Å²) in [6.45, 7) is 9.25. The second-order valence-corrected chi connectivity index (χ2v) is 8.23. The van der Waals surface area contributed by atoms with E-state index >= 15 is 0 Å². The maximum atomic E-state index is 13.8. The molecule has 0 fully saturated rings. The molecule has 0 heterocycles. The first-order valence-electron chi connectivity index (χ1n) is 8.73. The Morgan fingerprint density at radius 1 is 0.880 bits per heavy atom. The quantitative estimate of drug-likeness (QED) is 0.374. The van der Waals surface area contributed by atoms with Gasteiger partial charge in [-0.15, -0.1) is 0 Å². The van der Waals surface area contributed by atoms with Crippen LogP contribution in [0.1, 0.15) is 65.5 Å². The SMILES string of the molecule is CCC(C)(C)c1ccc(CCCOC(F)(F)C(F)(F)C(C)(C)C)cc1. The van der Waals surface area contributed by atoms with Crippen LogP contribution in [0.3, 0.4) is 0 Å². The van der Waals surface area contributed by atoms with Gasteiger partial charge in [0.15, 0.2) is 0 Å². The molecule has 1 aromatic carbocycles. The van der Waals surface area contributed by atoms with Gasteiger partial charge in [-0.25, -0.2) is 0 Å². The van der Waals surface area contributed by atoms with E-state index in [9.17, 15) is 17.6 Å². The zero-order chi connectivity index (χ0) is 19.5. The summed E-state index contributed by atoms with van der Waals surface area (Å²) in [5, 5.41) is 0. The van der Waals surface area contributed by atoms with Crippen LogP contribution in [0.15, 0.2) is 24.3 Å². The maximum Gasteiger partial charge on any atom is 0.419 e. The van der Waals surface area contributed by atoms with E-state index in [1.165, 1.54) is 5.56 Å². The van der Waals surface area contributed by atoms with Crippen LogP contribution in [0.25, 0.3) is 0 Å². The van der Waals surface area contributed by atoms with E-state index in [0.29, 0.717) is 6.42 Å². The van der Waals surface area contributed by atoms with Gasteiger partial charge in [-0.05, 0) is 35.8 Å². The van der Waals surface area contributed by atoms with Crippen molar-refractivity contribution in [3.63, 3.8) is 0 Å². The maximum absolute atomic E-state index is 13.8. The zero-order valence-electron chi connectivity index (χ0n) is 16.1. The van der Waals surface area contributed by atoms with Gasteiger partial charge in [0.1, 0.15) is 0 Å². The van der Waals surface area contributed by atoms with Crippen LogP contribution in [-0.2, 0) is 16.6 Å². The summed E-state index contributed by atoms with van der Waals surface area (Å²) in [5.74, 6) is -4.23. The third kappa shape index (κ3) is 5.19. The van der Waals surface area contributed by atoms with Crippen molar-refractivity contribution in [2.75, 3.05) is 6.61 Å². The summed E-state index contributed by atoms with van der Waals surface area (Å²) >= 11 is 0. The minimum atomic E-state index is -4.47. The molecule has 0 spiro atoms. The van der Waals surface area contributed by atoms with Gasteiger partial charge in [0.2, 0.25) is 0 Å². The number of aryl methyl sites for hydroxylation is 1. The lowest BCUT2D eigenvalue weighted by molar-refractivity contribution is -0.373. The zero-order valence-corrected chi connectivity index (χ0v) is 16.1. The Bertz CT molecular complexity index is 542. The fourth-order valence-electron chi connectivity index (χ4n) is 2.33. The lowest BCUT2D eigenvalue weighted by Gasteiger charge is -2.35. The molecule has 0 aliphatic heterocycles. The molecule has 1 nitrogen and oxygen atoms in total. The molecule has 0 aromatic heterocycles. The van der Waals surface area contributed by atoms with E-state index in [4.69, 9.17) is 0 Å². The molecule has 0 atom stereocenters. The summed E-state index contributed by atoms with van der Waals surface area (Å²) < 4.78 is 59.1. The lowest BCUT2D eigenvalue weighted by Crippen LogP contribution is -2.51. The van der Waals surface area contributed by atoms with Crippen LogP contribution in [0.2, 0.25) is 0 Å². The van der Waals surface area contributed by atoms with Crippen LogP contribution < -0.4 is 0 Å². The molecule has 1 aromatic rings. The molecule has 0 aliphatic rings. The molecule has 0 N–H and O–H groups in total. The molecular weight excluding hydrogens is 332 g/mol. The predicted octanol–water partition coefficient (Wildman–Crippen LogP) is 6.60. The molecule has 0 aliphatic carbocycles. The Hall–Kier alpha value is -1.10. The predicted molar refractivity (Wildman–Crippen MR) is 93.4 cm³/mol. The van der Waals surface area contributed by atoms with Gasteiger partial charge in [0.05, 0.1) is 6.61 Å². The Morgan fingerprint density at radius 3 is 1.84 bits per heavy atom. The second kappa shape index (κ2) is 7.65. The fraction of sp³-hybridized carbons (Fsp3) is 0.700. The van der Waals surface area contributed by atoms with E-state index < -0.39 is 24.1 Å². The minimum Gasteiger partial charge on any atom is -0.316 e. The molecule has 0 saturated carbocycles. The fourth-order valence-corrected chi connectivity index (χ4v) is 2.33. The highest BCUT2D eigenvalue weighted by molar-refractivity contribution is 5.28. The number of hydrogen-bond acceptors (Lipinski definition) is 1. The lowest BCUT2D eigenvalue weighted by atomic mass is 9.82. The Balaban J connectivity index is 2.56. The standard InChI is InChI=1S/C20H30F4O/c1-7-18(5,6)16-12-10-15(11-13-16)9-8-14-25-20(23,24)19(21,22)17(2,3)4/h10-13H,7-9,14H2,1-6H3. The topological polar surface area (TPSA) is 9.23 Å². The highest BCUT2D eigenvalue weighted by Gasteiger charge is 2.64. The summed E-state index contributed by atoms with van der Waals surface area (Å²) in [7, 11) is 0. The van der Waals surface area contributed by atoms with Crippen molar-refractivity contribution < 1.29 is 22.3 Å². The van der Waals surface area contributed by atoms with Gasteiger partial charge in [-0.1, -0.05) is 65.8 Å². The number of halogens is 4. The molecule has 25 heavy (non-hydrogen) atoms. The van der Waals surface area contributed by atoms with Crippen LogP contribution in [0.4, 0.5) is 17.6 Å². The molecule has 5 heteroatoms. The highest BCUT2D eigenvalue weighted by atomic mass is 19.3. The summed E-state index contributed by atoms with van der Waals surface area (Å²) in [4.78, 5) is 0. The van der Waals surface area contributed by atoms with Crippen molar-refractivity contribution in [3.8, 4) is 0 Å². The van der Waals surface area contributed by atoms with Gasteiger partial charge >= 0.3 is 12.0 Å². The van der Waals surface area contributed by atoms with Crippen LogP contribution >= 0.6 is 0 Å². The first-order valence-corrected chi connectivity index (χ1v) is 8.73. The Kier molecular flexibility index (Phi) is 6.71. The summed E-state index contributed by atoms with van der Waals surface area (Å²) in [6, 6.07) is 7.97. The smallest absolute Gasteiger partial charge is 0.316 e. The normalized spacial score (nSPS) is 14.0. The van der Waals surface area contributed by atoms with E-state index in [2.05, 4.69) is 25.5 Å².